The zero-order valence-electron chi connectivity index (χ0n) is 17.6. The SMILES string of the molecule is COc1cccc(C(O)CN(Cc2ccccc2)C(=O)CNC(=O)c2ncccc2O)c1. The Morgan fingerprint density at radius 1 is 1.09 bits per heavy atom. The van der Waals surface area contributed by atoms with E-state index in [2.05, 4.69) is 10.3 Å². The highest BCUT2D eigenvalue weighted by molar-refractivity contribution is 5.96. The molecule has 166 valence electrons. The molecule has 0 fully saturated rings. The summed E-state index contributed by atoms with van der Waals surface area (Å²) in [4.78, 5) is 30.6. The number of nitrogens with one attached hydrogen (secondary N) is 1. The Hall–Kier alpha value is -3.91. The zero-order valence-corrected chi connectivity index (χ0v) is 17.6. The number of hydrogen-bond donors (Lipinski definition) is 3. The van der Waals surface area contributed by atoms with Crippen LogP contribution in [-0.2, 0) is 11.3 Å². The molecule has 0 saturated heterocycles. The van der Waals surface area contributed by atoms with Crippen LogP contribution in [0, 0.1) is 0 Å². The molecule has 3 aromatic rings. The van der Waals surface area contributed by atoms with Crippen LogP contribution >= 0.6 is 0 Å². The van der Waals surface area contributed by atoms with E-state index < -0.39 is 12.0 Å². The van der Waals surface area contributed by atoms with Crippen LogP contribution in [0.15, 0.2) is 72.9 Å². The van der Waals surface area contributed by atoms with Crippen LogP contribution in [0.4, 0.5) is 0 Å². The van der Waals surface area contributed by atoms with Crippen molar-refractivity contribution in [2.45, 2.75) is 12.6 Å². The fraction of sp³-hybridized carbons (Fsp3) is 0.208. The summed E-state index contributed by atoms with van der Waals surface area (Å²) in [5.74, 6) is -0.721. The molecule has 1 aromatic heterocycles. The highest BCUT2D eigenvalue weighted by atomic mass is 16.5. The lowest BCUT2D eigenvalue weighted by molar-refractivity contribution is -0.132. The summed E-state index contributed by atoms with van der Waals surface area (Å²) in [5.41, 5.74) is 1.33. The van der Waals surface area contributed by atoms with Gasteiger partial charge in [-0.2, -0.15) is 0 Å². The molecule has 0 aliphatic heterocycles. The number of nitrogens with zero attached hydrogens (tertiary/aromatic N) is 2. The molecule has 0 spiro atoms. The molecule has 0 saturated carbocycles. The number of pyridine rings is 1. The minimum absolute atomic E-state index is 0.0194. The predicted octanol–water partition coefficient (Wildman–Crippen LogP) is 2.29. The van der Waals surface area contributed by atoms with E-state index in [1.54, 1.807) is 31.4 Å². The van der Waals surface area contributed by atoms with Gasteiger partial charge < -0.3 is 25.2 Å². The first kappa shape index (κ1) is 22.8. The van der Waals surface area contributed by atoms with Crippen molar-refractivity contribution < 1.29 is 24.5 Å². The monoisotopic (exact) mass is 435 g/mol. The minimum atomic E-state index is -0.951. The third-order valence-electron chi connectivity index (χ3n) is 4.84. The number of rotatable bonds is 9. The average molecular weight is 435 g/mol. The largest absolute Gasteiger partial charge is 0.505 e. The molecule has 2 amide bonds. The number of hydrogen-bond acceptors (Lipinski definition) is 6. The van der Waals surface area contributed by atoms with Gasteiger partial charge in [-0.1, -0.05) is 42.5 Å². The first-order valence-corrected chi connectivity index (χ1v) is 10.0. The lowest BCUT2D eigenvalue weighted by Gasteiger charge is -2.26. The van der Waals surface area contributed by atoms with E-state index in [0.717, 1.165) is 5.56 Å². The molecule has 2 aromatic carbocycles. The quantitative estimate of drug-likeness (QED) is 0.476. The number of ether oxygens (including phenoxy) is 1. The van der Waals surface area contributed by atoms with Gasteiger partial charge in [-0.15, -0.1) is 0 Å². The molecule has 0 aliphatic carbocycles. The summed E-state index contributed by atoms with van der Waals surface area (Å²) in [7, 11) is 1.54. The summed E-state index contributed by atoms with van der Waals surface area (Å²) in [6.45, 7) is -0.0382. The third-order valence-corrected chi connectivity index (χ3v) is 4.84. The molecule has 1 unspecified atom stereocenters. The van der Waals surface area contributed by atoms with Gasteiger partial charge in [0.05, 0.1) is 26.3 Å². The Kier molecular flexibility index (Phi) is 7.77. The van der Waals surface area contributed by atoms with E-state index in [4.69, 9.17) is 4.74 Å². The Morgan fingerprint density at radius 3 is 2.59 bits per heavy atom. The van der Waals surface area contributed by atoms with Gasteiger partial charge in [-0.05, 0) is 35.4 Å². The maximum absolute atomic E-state index is 13.0. The molecule has 1 heterocycles. The number of aliphatic hydroxyl groups excluding tert-OH is 1. The van der Waals surface area contributed by atoms with E-state index >= 15 is 0 Å². The maximum atomic E-state index is 13.0. The Bertz CT molecular complexity index is 1060. The number of benzene rings is 2. The molecule has 32 heavy (non-hydrogen) atoms. The molecule has 0 bridgehead atoms. The first-order valence-electron chi connectivity index (χ1n) is 10.0. The Labute approximate surface area is 186 Å². The number of carbonyl (C=O) groups excluding carboxylic acids is 2. The predicted molar refractivity (Wildman–Crippen MR) is 118 cm³/mol. The maximum Gasteiger partial charge on any atom is 0.274 e. The zero-order chi connectivity index (χ0) is 22.9. The smallest absolute Gasteiger partial charge is 0.274 e. The van der Waals surface area contributed by atoms with Crippen LogP contribution in [0.3, 0.4) is 0 Å². The molecule has 8 heteroatoms. The summed E-state index contributed by atoms with van der Waals surface area (Å²) >= 11 is 0. The second-order valence-electron chi connectivity index (χ2n) is 7.11. The van der Waals surface area contributed by atoms with Crippen LogP contribution < -0.4 is 10.1 Å². The fourth-order valence-corrected chi connectivity index (χ4v) is 3.14. The van der Waals surface area contributed by atoms with E-state index in [-0.39, 0.29) is 37.0 Å². The fourth-order valence-electron chi connectivity index (χ4n) is 3.14. The molecule has 0 radical (unpaired) electrons. The highest BCUT2D eigenvalue weighted by Crippen LogP contribution is 2.21. The summed E-state index contributed by atoms with van der Waals surface area (Å²) in [6, 6.07) is 19.2. The number of aromatic nitrogens is 1. The Balaban J connectivity index is 1.72. The van der Waals surface area contributed by atoms with Crippen LogP contribution in [0.25, 0.3) is 0 Å². The average Bonchev–Trinajstić information content (AvgIpc) is 2.82. The van der Waals surface area contributed by atoms with Gasteiger partial charge in [0.25, 0.3) is 5.91 Å². The molecule has 8 nitrogen and oxygen atoms in total. The topological polar surface area (TPSA) is 112 Å². The van der Waals surface area contributed by atoms with Crippen molar-refractivity contribution in [3.05, 3.63) is 89.7 Å². The van der Waals surface area contributed by atoms with Gasteiger partial charge in [0.1, 0.15) is 11.5 Å². The third kappa shape index (κ3) is 6.05. The normalized spacial score (nSPS) is 11.4. The van der Waals surface area contributed by atoms with Crippen LogP contribution in [0.1, 0.15) is 27.7 Å². The summed E-state index contributed by atoms with van der Waals surface area (Å²) < 4.78 is 5.20. The lowest BCUT2D eigenvalue weighted by Crippen LogP contribution is -2.41. The van der Waals surface area contributed by atoms with Gasteiger partial charge in [-0.3, -0.25) is 9.59 Å². The van der Waals surface area contributed by atoms with Gasteiger partial charge in [-0.25, -0.2) is 4.98 Å². The number of aromatic hydroxyl groups is 1. The van der Waals surface area contributed by atoms with Gasteiger partial charge >= 0.3 is 0 Å². The molecular weight excluding hydrogens is 410 g/mol. The second kappa shape index (κ2) is 10.9. The number of aliphatic hydroxyl groups is 1. The van der Waals surface area contributed by atoms with Gasteiger partial charge in [0.15, 0.2) is 5.69 Å². The van der Waals surface area contributed by atoms with E-state index in [0.29, 0.717) is 11.3 Å². The van der Waals surface area contributed by atoms with Crippen molar-refractivity contribution in [3.63, 3.8) is 0 Å². The van der Waals surface area contributed by atoms with Crippen molar-refractivity contribution in [2.24, 2.45) is 0 Å². The minimum Gasteiger partial charge on any atom is -0.505 e. The molecule has 1 atom stereocenters. The summed E-state index contributed by atoms with van der Waals surface area (Å²) in [5, 5.41) is 23.0. The molecular formula is C24H25N3O5. The van der Waals surface area contributed by atoms with E-state index in [9.17, 15) is 19.8 Å². The van der Waals surface area contributed by atoms with E-state index in [1.165, 1.54) is 23.2 Å². The van der Waals surface area contributed by atoms with Crippen LogP contribution in [0.5, 0.6) is 11.5 Å². The molecule has 3 N–H and O–H groups in total. The van der Waals surface area contributed by atoms with Crippen molar-refractivity contribution in [3.8, 4) is 11.5 Å². The number of carbonyl (C=O) groups is 2. The Morgan fingerprint density at radius 2 is 1.88 bits per heavy atom. The van der Waals surface area contributed by atoms with Gasteiger partial charge in [0, 0.05) is 12.7 Å². The van der Waals surface area contributed by atoms with E-state index in [1.807, 2.05) is 30.3 Å². The van der Waals surface area contributed by atoms with Crippen molar-refractivity contribution >= 4 is 11.8 Å². The van der Waals surface area contributed by atoms with Crippen molar-refractivity contribution in [1.29, 1.82) is 0 Å². The van der Waals surface area contributed by atoms with Crippen LogP contribution in [0.2, 0.25) is 0 Å². The second-order valence-corrected chi connectivity index (χ2v) is 7.11. The standard InChI is InChI=1S/C24H25N3O5/c1-32-19-10-5-9-18(13-19)21(29)16-27(15-17-7-3-2-4-8-17)22(30)14-26-24(31)23-20(28)11-6-12-25-23/h2-13,21,28-29H,14-16H2,1H3,(H,26,31). The summed E-state index contributed by atoms with van der Waals surface area (Å²) in [6.07, 6.45) is 0.427. The van der Waals surface area contributed by atoms with Crippen molar-refractivity contribution in [1.82, 2.24) is 15.2 Å². The molecule has 3 rings (SSSR count). The van der Waals surface area contributed by atoms with Crippen LogP contribution in [-0.4, -0.2) is 52.1 Å². The first-order chi connectivity index (χ1) is 15.5. The highest BCUT2D eigenvalue weighted by Gasteiger charge is 2.21. The van der Waals surface area contributed by atoms with Gasteiger partial charge in [0.2, 0.25) is 5.91 Å². The molecule has 0 aliphatic rings. The number of methoxy groups -OCH3 is 1. The van der Waals surface area contributed by atoms with Crippen molar-refractivity contribution in [2.75, 3.05) is 20.2 Å². The lowest BCUT2D eigenvalue weighted by atomic mass is 10.1. The number of amides is 2.